The molecule has 8 heteroatoms. The van der Waals surface area contributed by atoms with Gasteiger partial charge in [0.05, 0.1) is 13.2 Å². The molecule has 2 fully saturated rings. The summed E-state index contributed by atoms with van der Waals surface area (Å²) in [6, 6.07) is 9.12. The van der Waals surface area contributed by atoms with Crippen LogP contribution in [-0.4, -0.2) is 63.1 Å². The van der Waals surface area contributed by atoms with Gasteiger partial charge < -0.3 is 20.7 Å². The number of halogens is 1. The molecule has 3 N–H and O–H groups in total. The van der Waals surface area contributed by atoms with Gasteiger partial charge in [-0.15, -0.1) is 24.0 Å². The lowest BCUT2D eigenvalue weighted by Crippen LogP contribution is -2.44. The third-order valence-electron chi connectivity index (χ3n) is 5.83. The Morgan fingerprint density at radius 1 is 1.16 bits per heavy atom. The molecule has 0 aromatic heterocycles. The number of carbonyl (C=O) groups is 1. The van der Waals surface area contributed by atoms with Crippen LogP contribution >= 0.6 is 24.0 Å². The van der Waals surface area contributed by atoms with Crippen molar-refractivity contribution >= 4 is 35.8 Å². The first-order chi connectivity index (χ1) is 14.7. The average Bonchev–Trinajstić information content (AvgIpc) is 3.60. The van der Waals surface area contributed by atoms with Gasteiger partial charge in [0.25, 0.3) is 0 Å². The Balaban J connectivity index is 0.00000341. The Morgan fingerprint density at radius 3 is 2.48 bits per heavy atom. The number of aliphatic imine (C=N–C) groups is 1. The number of likely N-dealkylation sites (tertiary alicyclic amines) is 1. The third kappa shape index (κ3) is 8.84. The van der Waals surface area contributed by atoms with Crippen LogP contribution in [0.1, 0.15) is 56.6 Å². The molecule has 1 saturated carbocycles. The molecule has 1 amide bonds. The number of carbonyl (C=O) groups excluding carboxylic acids is 1. The monoisotopic (exact) mass is 543 g/mol. The average molecular weight is 543 g/mol. The van der Waals surface area contributed by atoms with Crippen molar-refractivity contribution in [1.82, 2.24) is 20.9 Å². The number of methoxy groups -OCH3 is 1. The van der Waals surface area contributed by atoms with E-state index in [1.54, 1.807) is 14.2 Å². The van der Waals surface area contributed by atoms with Crippen molar-refractivity contribution < 1.29 is 9.53 Å². The molecule has 1 atom stereocenters. The van der Waals surface area contributed by atoms with Gasteiger partial charge >= 0.3 is 0 Å². The maximum absolute atomic E-state index is 11.8. The van der Waals surface area contributed by atoms with Crippen LogP contribution in [0, 0.1) is 0 Å². The fraction of sp³-hybridized carbons (Fsp3) is 0.652. The number of nitrogens with zero attached hydrogens (tertiary/aromatic N) is 2. The normalized spacial score (nSPS) is 17.9. The quantitative estimate of drug-likeness (QED) is 0.183. The number of hydrogen-bond acceptors (Lipinski definition) is 4. The minimum atomic E-state index is 0. The van der Waals surface area contributed by atoms with Crippen LogP contribution in [0.4, 0.5) is 0 Å². The molecule has 3 rings (SSSR count). The second-order valence-corrected chi connectivity index (χ2v) is 8.21. The summed E-state index contributed by atoms with van der Waals surface area (Å²) in [5.41, 5.74) is 1.29. The highest BCUT2D eigenvalue weighted by Gasteiger charge is 2.23. The number of benzene rings is 1. The Hall–Kier alpha value is -1.55. The van der Waals surface area contributed by atoms with E-state index < -0.39 is 0 Å². The van der Waals surface area contributed by atoms with Gasteiger partial charge in [0.2, 0.25) is 5.91 Å². The molecule has 2 aliphatic rings. The van der Waals surface area contributed by atoms with E-state index >= 15 is 0 Å². The second-order valence-electron chi connectivity index (χ2n) is 8.21. The minimum Gasteiger partial charge on any atom is -0.497 e. The van der Waals surface area contributed by atoms with E-state index in [9.17, 15) is 4.79 Å². The molecule has 1 aromatic rings. The van der Waals surface area contributed by atoms with E-state index in [-0.39, 0.29) is 29.9 Å². The lowest BCUT2D eigenvalue weighted by molar-refractivity contribution is -0.121. The summed E-state index contributed by atoms with van der Waals surface area (Å²) >= 11 is 0. The van der Waals surface area contributed by atoms with E-state index in [0.29, 0.717) is 18.5 Å². The van der Waals surface area contributed by atoms with Crippen LogP contribution in [0.3, 0.4) is 0 Å². The molecular formula is C23H38IN5O2. The Bertz CT molecular complexity index is 688. The predicted molar refractivity (Wildman–Crippen MR) is 136 cm³/mol. The van der Waals surface area contributed by atoms with Gasteiger partial charge in [0.15, 0.2) is 5.96 Å². The summed E-state index contributed by atoms with van der Waals surface area (Å²) in [6.45, 7) is 3.77. The summed E-state index contributed by atoms with van der Waals surface area (Å²) < 4.78 is 5.32. The number of piperidine rings is 1. The van der Waals surface area contributed by atoms with Crippen LogP contribution < -0.4 is 20.7 Å². The van der Waals surface area contributed by atoms with Crippen LogP contribution in [-0.2, 0) is 4.79 Å². The molecule has 7 nitrogen and oxygen atoms in total. The Kier molecular flexibility index (Phi) is 11.4. The number of rotatable bonds is 10. The number of ether oxygens (including phenoxy) is 1. The van der Waals surface area contributed by atoms with Gasteiger partial charge in [-0.05, 0) is 62.9 Å². The molecule has 0 bridgehead atoms. The maximum atomic E-state index is 11.8. The van der Waals surface area contributed by atoms with E-state index in [0.717, 1.165) is 57.2 Å². The summed E-state index contributed by atoms with van der Waals surface area (Å²) in [6.07, 6.45) is 7.44. The zero-order valence-electron chi connectivity index (χ0n) is 18.9. The number of nitrogens with one attached hydrogen (secondary N) is 3. The number of amides is 1. The van der Waals surface area contributed by atoms with Gasteiger partial charge in [-0.2, -0.15) is 0 Å². The first-order valence-electron chi connectivity index (χ1n) is 11.3. The van der Waals surface area contributed by atoms with Crippen molar-refractivity contribution in [1.29, 1.82) is 0 Å². The molecule has 1 heterocycles. The maximum Gasteiger partial charge on any atom is 0.220 e. The lowest BCUT2D eigenvalue weighted by Gasteiger charge is -2.35. The minimum absolute atomic E-state index is 0. The molecule has 0 spiro atoms. The summed E-state index contributed by atoms with van der Waals surface area (Å²) in [4.78, 5) is 18.7. The van der Waals surface area contributed by atoms with Crippen molar-refractivity contribution in [3.8, 4) is 5.75 Å². The van der Waals surface area contributed by atoms with Gasteiger partial charge in [-0.3, -0.25) is 14.7 Å². The summed E-state index contributed by atoms with van der Waals surface area (Å²) in [5, 5.41) is 9.86. The smallest absolute Gasteiger partial charge is 0.220 e. The van der Waals surface area contributed by atoms with Gasteiger partial charge in [0.1, 0.15) is 5.75 Å². The molecule has 0 radical (unpaired) electrons. The Morgan fingerprint density at radius 2 is 1.87 bits per heavy atom. The van der Waals surface area contributed by atoms with E-state index in [2.05, 4.69) is 38.0 Å². The van der Waals surface area contributed by atoms with E-state index in [4.69, 9.17) is 4.74 Å². The Labute approximate surface area is 203 Å². The SMILES string of the molecule is CN=C(NCCCC(=O)NC1CC1)NCC(c1ccc(OC)cc1)N1CCCCC1.I. The van der Waals surface area contributed by atoms with E-state index in [1.807, 2.05) is 12.1 Å². The predicted octanol–water partition coefficient (Wildman–Crippen LogP) is 3.06. The molecule has 1 unspecified atom stereocenters. The van der Waals surface area contributed by atoms with Crippen molar-refractivity contribution in [3.63, 3.8) is 0 Å². The summed E-state index contributed by atoms with van der Waals surface area (Å²) in [7, 11) is 3.49. The van der Waals surface area contributed by atoms with Crippen LogP contribution in [0.25, 0.3) is 0 Å². The van der Waals surface area contributed by atoms with Crippen molar-refractivity contribution in [3.05, 3.63) is 29.8 Å². The largest absolute Gasteiger partial charge is 0.497 e. The first-order valence-corrected chi connectivity index (χ1v) is 11.3. The molecule has 1 saturated heterocycles. The molecular weight excluding hydrogens is 505 g/mol. The number of hydrogen-bond donors (Lipinski definition) is 3. The third-order valence-corrected chi connectivity index (χ3v) is 5.83. The van der Waals surface area contributed by atoms with Gasteiger partial charge in [-0.1, -0.05) is 18.6 Å². The van der Waals surface area contributed by atoms with Crippen molar-refractivity contribution in [2.75, 3.05) is 40.3 Å². The van der Waals surface area contributed by atoms with Crippen LogP contribution in [0.2, 0.25) is 0 Å². The molecule has 1 aliphatic heterocycles. The standard InChI is InChI=1S/C23H37N5O2.HI/c1-24-23(25-14-6-7-22(29)27-19-10-11-19)26-17-21(28-15-4-3-5-16-28)18-8-12-20(30-2)13-9-18;/h8-9,12-13,19,21H,3-7,10-11,14-17H2,1-2H3,(H,27,29)(H2,24,25,26);1H. The van der Waals surface area contributed by atoms with Crippen molar-refractivity contribution in [2.45, 2.75) is 57.0 Å². The summed E-state index contributed by atoms with van der Waals surface area (Å²) in [5.74, 6) is 1.83. The van der Waals surface area contributed by atoms with Gasteiger partial charge in [-0.25, -0.2) is 0 Å². The molecule has 1 aromatic carbocycles. The first kappa shape index (κ1) is 25.7. The zero-order valence-corrected chi connectivity index (χ0v) is 21.2. The molecule has 174 valence electrons. The van der Waals surface area contributed by atoms with E-state index in [1.165, 1.54) is 24.8 Å². The number of guanidine groups is 1. The zero-order chi connectivity index (χ0) is 21.2. The van der Waals surface area contributed by atoms with Crippen LogP contribution in [0.5, 0.6) is 5.75 Å². The highest BCUT2D eigenvalue weighted by atomic mass is 127. The molecule has 31 heavy (non-hydrogen) atoms. The van der Waals surface area contributed by atoms with Gasteiger partial charge in [0, 0.05) is 32.6 Å². The van der Waals surface area contributed by atoms with Crippen molar-refractivity contribution in [2.24, 2.45) is 4.99 Å². The second kappa shape index (κ2) is 13.8. The van der Waals surface area contributed by atoms with Crippen LogP contribution in [0.15, 0.2) is 29.3 Å². The fourth-order valence-corrected chi connectivity index (χ4v) is 3.91. The topological polar surface area (TPSA) is 78.0 Å². The fourth-order valence-electron chi connectivity index (χ4n) is 3.91. The lowest BCUT2D eigenvalue weighted by atomic mass is 10.0. The molecule has 1 aliphatic carbocycles. The highest BCUT2D eigenvalue weighted by Crippen LogP contribution is 2.25. The highest BCUT2D eigenvalue weighted by molar-refractivity contribution is 14.0.